The third-order valence-corrected chi connectivity index (χ3v) is 20.5. The van der Waals surface area contributed by atoms with Gasteiger partial charge in [-0.25, -0.2) is 0 Å². The zero-order valence-electron chi connectivity index (χ0n) is 22.5. The van der Waals surface area contributed by atoms with Crippen molar-refractivity contribution in [3.05, 3.63) is 0 Å². The molecule has 0 fully saturated rings. The molecule has 39 heteroatoms. The average molecular weight is 892 g/mol. The van der Waals surface area contributed by atoms with Crippen molar-refractivity contribution < 1.29 is 139 Å². The molecule has 0 aliphatic rings. The maximum atomic E-state index is 12.8. The van der Waals surface area contributed by atoms with Gasteiger partial charge in [0.1, 0.15) is 5.56 Å². The van der Waals surface area contributed by atoms with Gasteiger partial charge >= 0.3 is 75.5 Å². The van der Waals surface area contributed by atoms with Crippen molar-refractivity contribution in [3.63, 3.8) is 0 Å². The number of hydrogen-bond donors (Lipinski definition) is 20. The summed E-state index contributed by atoms with van der Waals surface area (Å²) < 4.78 is 112. The first-order valence-corrected chi connectivity index (χ1v) is 26.5. The van der Waals surface area contributed by atoms with Gasteiger partial charge in [0.15, 0.2) is 0 Å². The van der Waals surface area contributed by atoms with E-state index >= 15 is 0 Å². The van der Waals surface area contributed by atoms with E-state index in [9.17, 15) is 139 Å². The van der Waals surface area contributed by atoms with Gasteiger partial charge in [-0.15, -0.1) is 0 Å². The van der Waals surface area contributed by atoms with E-state index in [-0.39, 0.29) is 0 Å². The Bertz CT molecular complexity index is 1580. The standard InChI is InChI=1S/C9H30BO29P9/c11-10(12)9(48(37,38)39)8(47(34,35)36)7(46(31,32)33)6(45(28,29)30)5(44(25,26)27)4(43(22,23)24)3(42(19,20)21)2(41(16,17)18)1-40(13,14)15/h2-9,11-12H,1H2,(H2,13,14,15)(H2,16,17,18)(H2,19,20,21)(H2,22,23,24)(H2,25,26,27)(H2,28,29,30)(H2,31,32,33)(H2,34,35,36)(H2,37,38,39). The Kier molecular flexibility index (Phi) is 16.0. The highest BCUT2D eigenvalue weighted by Gasteiger charge is 2.70. The van der Waals surface area contributed by atoms with Crippen molar-refractivity contribution >= 4 is 75.5 Å². The van der Waals surface area contributed by atoms with Gasteiger partial charge in [-0.2, -0.15) is 0 Å². The lowest BCUT2D eigenvalue weighted by molar-refractivity contribution is 0.270. The predicted octanol–water partition coefficient (Wildman–Crippen LogP) is -5.45. The molecule has 0 radical (unpaired) electrons. The van der Waals surface area contributed by atoms with Crippen LogP contribution in [0.25, 0.3) is 0 Å². The van der Waals surface area contributed by atoms with Crippen molar-refractivity contribution in [2.24, 2.45) is 0 Å². The topological polar surface area (TPSA) is 558 Å². The smallest absolute Gasteiger partial charge is 0.426 e. The van der Waals surface area contributed by atoms with E-state index < -0.39 is 127 Å². The Labute approximate surface area is 266 Å². The van der Waals surface area contributed by atoms with Crippen molar-refractivity contribution in [3.8, 4) is 0 Å². The molecule has 8 unspecified atom stereocenters. The van der Waals surface area contributed by atoms with Gasteiger partial charge in [0.2, 0.25) is 0 Å². The summed E-state index contributed by atoms with van der Waals surface area (Å²) in [5, 5.41) is 19.0. The fourth-order valence-corrected chi connectivity index (χ4v) is 23.8. The summed E-state index contributed by atoms with van der Waals surface area (Å²) in [5.41, 5.74) is -35.0. The Morgan fingerprint density at radius 3 is 0.729 bits per heavy atom. The average Bonchev–Trinajstić information content (AvgIpc) is 2.68. The molecule has 0 aromatic carbocycles. The number of hydrogen-bond acceptors (Lipinski definition) is 11. The van der Waals surface area contributed by atoms with Gasteiger partial charge in [0.05, 0.1) is 45.8 Å². The van der Waals surface area contributed by atoms with E-state index in [2.05, 4.69) is 0 Å². The normalized spacial score (nSPS) is 20.2. The maximum Gasteiger partial charge on any atom is 0.468 e. The largest absolute Gasteiger partial charge is 0.468 e. The second-order valence-corrected chi connectivity index (χ2v) is 25.9. The van der Waals surface area contributed by atoms with Gasteiger partial charge in [-0.1, -0.05) is 0 Å². The van der Waals surface area contributed by atoms with E-state index in [0.29, 0.717) is 0 Å². The quantitative estimate of drug-likeness (QED) is 0.0451. The van der Waals surface area contributed by atoms with Crippen LogP contribution < -0.4 is 0 Å². The summed E-state index contributed by atoms with van der Waals surface area (Å²) in [4.78, 5) is 177. The van der Waals surface area contributed by atoms with Gasteiger partial charge in [-0.05, 0) is 0 Å². The highest BCUT2D eigenvalue weighted by Crippen LogP contribution is 2.74. The third kappa shape index (κ3) is 13.6. The third-order valence-electron chi connectivity index (χ3n) is 6.37. The van der Waals surface area contributed by atoms with E-state index in [1.54, 1.807) is 0 Å². The molecule has 8 atom stereocenters. The van der Waals surface area contributed by atoms with Crippen LogP contribution >= 0.6 is 68.4 Å². The lowest BCUT2D eigenvalue weighted by atomic mass is 9.81. The molecule has 0 saturated carbocycles. The molecule has 0 rings (SSSR count). The van der Waals surface area contributed by atoms with Gasteiger partial charge in [-0.3, -0.25) is 41.1 Å². The summed E-state index contributed by atoms with van der Waals surface area (Å²) in [5.74, 6) is 0. The Balaban J connectivity index is 9.06. The van der Waals surface area contributed by atoms with E-state index in [1.807, 2.05) is 0 Å². The van der Waals surface area contributed by atoms with Crippen LogP contribution in [0.4, 0.5) is 0 Å². The Morgan fingerprint density at radius 1 is 0.333 bits per heavy atom. The van der Waals surface area contributed by atoms with Crippen LogP contribution in [0.5, 0.6) is 0 Å². The van der Waals surface area contributed by atoms with Crippen LogP contribution in [-0.4, -0.2) is 157 Å². The van der Waals surface area contributed by atoms with Gasteiger partial charge in [0, 0.05) is 0 Å². The highest BCUT2D eigenvalue weighted by atomic mass is 31.2. The van der Waals surface area contributed by atoms with Crippen LogP contribution in [0.1, 0.15) is 0 Å². The Hall–Kier alpha value is 1.33. The molecule has 0 aromatic rings. The minimum Gasteiger partial charge on any atom is -0.426 e. The lowest BCUT2D eigenvalue weighted by Crippen LogP contribution is -2.57. The fourth-order valence-electron chi connectivity index (χ4n) is 4.86. The molecule has 0 aromatic heterocycles. The van der Waals surface area contributed by atoms with E-state index in [0.717, 1.165) is 0 Å². The van der Waals surface area contributed by atoms with Crippen LogP contribution in [0.3, 0.4) is 0 Å². The van der Waals surface area contributed by atoms with Gasteiger partial charge in [0.25, 0.3) is 0 Å². The summed E-state index contributed by atoms with van der Waals surface area (Å²) >= 11 is 0. The zero-order valence-corrected chi connectivity index (χ0v) is 30.6. The predicted molar refractivity (Wildman–Crippen MR) is 154 cm³/mol. The zero-order chi connectivity index (χ0) is 39.4. The summed E-state index contributed by atoms with van der Waals surface area (Å²) in [6, 6.07) is 0. The molecule has 0 aliphatic carbocycles. The fraction of sp³-hybridized carbons (Fsp3) is 1.00. The minimum absolute atomic E-state index is 2.57. The summed E-state index contributed by atoms with van der Waals surface area (Å²) in [6.45, 7) is 0. The van der Waals surface area contributed by atoms with Crippen LogP contribution in [-0.2, 0) is 41.1 Å². The highest BCUT2D eigenvalue weighted by molar-refractivity contribution is 7.64. The molecule has 0 amide bonds. The molecule has 0 bridgehead atoms. The second-order valence-electron chi connectivity index (χ2n) is 9.98. The number of rotatable bonds is 18. The lowest BCUT2D eigenvalue weighted by Gasteiger charge is -2.45. The van der Waals surface area contributed by atoms with Crippen LogP contribution in [0.2, 0.25) is 0 Å². The summed E-state index contributed by atoms with van der Waals surface area (Å²) in [6.07, 6.45) is -2.57. The van der Waals surface area contributed by atoms with Crippen LogP contribution in [0, 0.1) is 0 Å². The van der Waals surface area contributed by atoms with Gasteiger partial charge < -0.3 is 98.1 Å². The molecule has 0 aliphatic heterocycles. The van der Waals surface area contributed by atoms with Crippen molar-refractivity contribution in [2.75, 3.05) is 6.16 Å². The van der Waals surface area contributed by atoms with E-state index in [1.165, 1.54) is 0 Å². The van der Waals surface area contributed by atoms with Crippen molar-refractivity contribution in [2.45, 2.75) is 45.2 Å². The van der Waals surface area contributed by atoms with E-state index in [4.69, 9.17) is 0 Å². The molecule has 0 spiro atoms. The molecular formula is C9H30BO29P9. The molecule has 288 valence electrons. The molecule has 20 N–H and O–H groups in total. The summed E-state index contributed by atoms with van der Waals surface area (Å²) in [7, 11) is -66.6. The van der Waals surface area contributed by atoms with Crippen molar-refractivity contribution in [1.29, 1.82) is 0 Å². The first kappa shape index (κ1) is 49.3. The second kappa shape index (κ2) is 15.6. The molecule has 48 heavy (non-hydrogen) atoms. The molecule has 29 nitrogen and oxygen atoms in total. The minimum atomic E-state index is -7.35. The molecule has 0 heterocycles. The first-order chi connectivity index (χ1) is 20.4. The monoisotopic (exact) mass is 892 g/mol. The Morgan fingerprint density at radius 2 is 0.562 bits per heavy atom. The molecule has 0 saturated heterocycles. The molecular weight excluding hydrogens is 862 g/mol. The maximum absolute atomic E-state index is 12.8. The first-order valence-electron chi connectivity index (χ1n) is 11.2. The van der Waals surface area contributed by atoms with Crippen LogP contribution in [0.15, 0.2) is 0 Å². The SMILES string of the molecule is O=P(O)(O)CC(C(C(C(C(C(C(C(B(O)O)P(=O)(O)O)P(=O)(O)O)P(=O)(O)O)P(=O)(O)O)P(=O)(O)O)P(=O)(O)O)P(=O)(O)O)P(=O)(O)O. The van der Waals surface area contributed by atoms with Crippen molar-refractivity contribution in [1.82, 2.24) is 0 Å².